The highest BCUT2D eigenvalue weighted by molar-refractivity contribution is 5.79. The van der Waals surface area contributed by atoms with E-state index in [4.69, 9.17) is 14.2 Å². The van der Waals surface area contributed by atoms with Gasteiger partial charge in [0, 0.05) is 38.9 Å². The molecular formula is C19H29F2N3O4. The molecule has 1 saturated heterocycles. The zero-order chi connectivity index (χ0) is 20.2. The lowest BCUT2D eigenvalue weighted by molar-refractivity contribution is -0.0504. The van der Waals surface area contributed by atoms with Crippen LogP contribution in [0.15, 0.2) is 23.2 Å². The molecule has 1 unspecified atom stereocenters. The van der Waals surface area contributed by atoms with Gasteiger partial charge in [0.1, 0.15) is 11.5 Å². The molecule has 1 aromatic rings. The summed E-state index contributed by atoms with van der Waals surface area (Å²) >= 11 is 0. The van der Waals surface area contributed by atoms with Gasteiger partial charge in [-0.25, -0.2) is 0 Å². The van der Waals surface area contributed by atoms with E-state index in [0.717, 1.165) is 25.9 Å². The van der Waals surface area contributed by atoms with Crippen LogP contribution in [0.1, 0.15) is 24.8 Å². The fraction of sp³-hybridized carbons (Fsp3) is 0.632. The SMILES string of the molecule is CN=C(NCCCOCC1CCCO1)NCc1cc(OC)ccc1OC(F)F. The number of nitrogens with zero attached hydrogens (tertiary/aromatic N) is 1. The number of benzene rings is 1. The molecular weight excluding hydrogens is 372 g/mol. The van der Waals surface area contributed by atoms with Gasteiger partial charge in [0.05, 0.1) is 19.8 Å². The van der Waals surface area contributed by atoms with Crippen molar-refractivity contribution in [3.05, 3.63) is 23.8 Å². The van der Waals surface area contributed by atoms with Gasteiger partial charge in [0.25, 0.3) is 0 Å². The number of alkyl halides is 2. The minimum Gasteiger partial charge on any atom is -0.497 e. The lowest BCUT2D eigenvalue weighted by atomic mass is 10.2. The molecule has 158 valence electrons. The summed E-state index contributed by atoms with van der Waals surface area (Å²) < 4.78 is 46.0. The fourth-order valence-corrected chi connectivity index (χ4v) is 2.80. The van der Waals surface area contributed by atoms with Gasteiger partial charge in [-0.05, 0) is 37.5 Å². The molecule has 0 aliphatic carbocycles. The molecule has 1 aromatic carbocycles. The molecule has 9 heteroatoms. The molecule has 0 aromatic heterocycles. The normalized spacial score (nSPS) is 17.0. The first-order valence-electron chi connectivity index (χ1n) is 9.38. The third-order valence-corrected chi connectivity index (χ3v) is 4.24. The maximum Gasteiger partial charge on any atom is 0.387 e. The predicted octanol–water partition coefficient (Wildman–Crippen LogP) is 2.55. The van der Waals surface area contributed by atoms with Gasteiger partial charge in [0.15, 0.2) is 5.96 Å². The standard InChI is InChI=1S/C19H29F2N3O4/c1-22-19(23-8-4-9-26-13-16-5-3-10-27-16)24-12-14-11-15(25-2)6-7-17(14)28-18(20)21/h6-7,11,16,18H,3-5,8-10,12-13H2,1-2H3,(H2,22,23,24). The highest BCUT2D eigenvalue weighted by Gasteiger charge is 2.15. The Labute approximate surface area is 164 Å². The number of rotatable bonds is 11. The maximum absolute atomic E-state index is 12.6. The summed E-state index contributed by atoms with van der Waals surface area (Å²) in [5, 5.41) is 6.25. The van der Waals surface area contributed by atoms with Crippen LogP contribution in [0.2, 0.25) is 0 Å². The Balaban J connectivity index is 1.72. The molecule has 1 aliphatic rings. The third-order valence-electron chi connectivity index (χ3n) is 4.24. The molecule has 0 radical (unpaired) electrons. The summed E-state index contributed by atoms with van der Waals surface area (Å²) in [6.07, 6.45) is 3.22. The van der Waals surface area contributed by atoms with Crippen LogP contribution in [0.4, 0.5) is 8.78 Å². The van der Waals surface area contributed by atoms with Crippen LogP contribution < -0.4 is 20.1 Å². The summed E-state index contributed by atoms with van der Waals surface area (Å²) in [7, 11) is 3.16. The van der Waals surface area contributed by atoms with E-state index in [1.54, 1.807) is 19.2 Å². The molecule has 7 nitrogen and oxygen atoms in total. The molecule has 28 heavy (non-hydrogen) atoms. The number of hydrogen-bond acceptors (Lipinski definition) is 5. The van der Waals surface area contributed by atoms with E-state index in [1.807, 2.05) is 0 Å². The van der Waals surface area contributed by atoms with Gasteiger partial charge < -0.3 is 29.6 Å². The summed E-state index contributed by atoms with van der Waals surface area (Å²) in [5.41, 5.74) is 0.544. The number of aliphatic imine (C=N–C) groups is 1. The second-order valence-corrected chi connectivity index (χ2v) is 6.27. The van der Waals surface area contributed by atoms with E-state index < -0.39 is 6.61 Å². The minimum absolute atomic E-state index is 0.0984. The second kappa shape index (κ2) is 12.4. The molecule has 1 atom stereocenters. The van der Waals surface area contributed by atoms with Crippen LogP contribution in [0.5, 0.6) is 11.5 Å². The average molecular weight is 401 g/mol. The molecule has 0 bridgehead atoms. The smallest absolute Gasteiger partial charge is 0.387 e. The van der Waals surface area contributed by atoms with Crippen molar-refractivity contribution in [2.75, 3.05) is 40.5 Å². The van der Waals surface area contributed by atoms with Crippen LogP contribution in [-0.4, -0.2) is 59.2 Å². The molecule has 1 fully saturated rings. The lowest BCUT2D eigenvalue weighted by Gasteiger charge is -2.15. The number of methoxy groups -OCH3 is 1. The molecule has 0 amide bonds. The van der Waals surface area contributed by atoms with Crippen molar-refractivity contribution < 1.29 is 27.7 Å². The van der Waals surface area contributed by atoms with Crippen molar-refractivity contribution in [1.82, 2.24) is 10.6 Å². The highest BCUT2D eigenvalue weighted by atomic mass is 19.3. The van der Waals surface area contributed by atoms with Crippen molar-refractivity contribution in [2.24, 2.45) is 4.99 Å². The van der Waals surface area contributed by atoms with Crippen molar-refractivity contribution in [3.8, 4) is 11.5 Å². The van der Waals surface area contributed by atoms with Crippen molar-refractivity contribution in [3.63, 3.8) is 0 Å². The van der Waals surface area contributed by atoms with Crippen molar-refractivity contribution in [1.29, 1.82) is 0 Å². The summed E-state index contributed by atoms with van der Waals surface area (Å²) in [5.74, 6) is 1.22. The molecule has 2 rings (SSSR count). The maximum atomic E-state index is 12.6. The first kappa shape index (κ1) is 22.2. The van der Waals surface area contributed by atoms with E-state index in [9.17, 15) is 8.78 Å². The Kier molecular flexibility index (Phi) is 9.78. The number of nitrogens with one attached hydrogen (secondary N) is 2. The van der Waals surface area contributed by atoms with E-state index in [0.29, 0.717) is 37.0 Å². The summed E-state index contributed by atoms with van der Waals surface area (Å²) in [4.78, 5) is 4.13. The zero-order valence-electron chi connectivity index (χ0n) is 16.4. The Hall–Kier alpha value is -2.13. The van der Waals surface area contributed by atoms with E-state index in [2.05, 4.69) is 20.4 Å². The van der Waals surface area contributed by atoms with Crippen LogP contribution in [0.3, 0.4) is 0 Å². The largest absolute Gasteiger partial charge is 0.497 e. The van der Waals surface area contributed by atoms with Gasteiger partial charge in [-0.3, -0.25) is 4.99 Å². The Morgan fingerprint density at radius 3 is 2.89 bits per heavy atom. The topological polar surface area (TPSA) is 73.3 Å². The molecule has 2 N–H and O–H groups in total. The second-order valence-electron chi connectivity index (χ2n) is 6.27. The zero-order valence-corrected chi connectivity index (χ0v) is 16.4. The average Bonchev–Trinajstić information content (AvgIpc) is 3.20. The van der Waals surface area contributed by atoms with Gasteiger partial charge in [-0.2, -0.15) is 8.78 Å². The van der Waals surface area contributed by atoms with Crippen LogP contribution in [0.25, 0.3) is 0 Å². The summed E-state index contributed by atoms with van der Waals surface area (Å²) in [6, 6.07) is 4.69. The number of ether oxygens (including phenoxy) is 4. The third kappa shape index (κ3) is 7.85. The van der Waals surface area contributed by atoms with Gasteiger partial charge in [-0.1, -0.05) is 0 Å². The number of halogens is 2. The van der Waals surface area contributed by atoms with E-state index in [1.165, 1.54) is 13.2 Å². The number of hydrogen-bond donors (Lipinski definition) is 2. The molecule has 0 spiro atoms. The van der Waals surface area contributed by atoms with E-state index in [-0.39, 0.29) is 18.4 Å². The molecule has 1 aliphatic heterocycles. The van der Waals surface area contributed by atoms with Gasteiger partial charge in [0.2, 0.25) is 0 Å². The number of guanidine groups is 1. The van der Waals surface area contributed by atoms with Crippen LogP contribution in [-0.2, 0) is 16.0 Å². The Morgan fingerprint density at radius 2 is 2.21 bits per heavy atom. The predicted molar refractivity (Wildman–Crippen MR) is 102 cm³/mol. The lowest BCUT2D eigenvalue weighted by Crippen LogP contribution is -2.37. The molecule has 1 heterocycles. The van der Waals surface area contributed by atoms with Gasteiger partial charge in [-0.15, -0.1) is 0 Å². The van der Waals surface area contributed by atoms with Gasteiger partial charge >= 0.3 is 6.61 Å². The monoisotopic (exact) mass is 401 g/mol. The van der Waals surface area contributed by atoms with Crippen molar-refractivity contribution in [2.45, 2.75) is 38.5 Å². The summed E-state index contributed by atoms with van der Waals surface area (Å²) in [6.45, 7) is 0.133. The first-order valence-corrected chi connectivity index (χ1v) is 9.38. The minimum atomic E-state index is -2.89. The van der Waals surface area contributed by atoms with Crippen LogP contribution >= 0.6 is 0 Å². The fourth-order valence-electron chi connectivity index (χ4n) is 2.80. The quantitative estimate of drug-likeness (QED) is 0.337. The van der Waals surface area contributed by atoms with E-state index >= 15 is 0 Å². The Bertz CT molecular complexity index is 611. The molecule has 0 saturated carbocycles. The van der Waals surface area contributed by atoms with Crippen LogP contribution in [0, 0.1) is 0 Å². The Morgan fingerprint density at radius 1 is 1.36 bits per heavy atom. The van der Waals surface area contributed by atoms with Crippen molar-refractivity contribution >= 4 is 5.96 Å². The highest BCUT2D eigenvalue weighted by Crippen LogP contribution is 2.25. The first-order chi connectivity index (χ1) is 13.6.